The van der Waals surface area contributed by atoms with E-state index in [1.807, 2.05) is 19.9 Å². The highest BCUT2D eigenvalue weighted by atomic mass is 16.7. The van der Waals surface area contributed by atoms with Crippen LogP contribution < -0.4 is 5.11 Å². The van der Waals surface area contributed by atoms with E-state index in [0.29, 0.717) is 19.3 Å². The Kier molecular flexibility index (Phi) is 4.42. The Morgan fingerprint density at radius 3 is 2.83 bits per heavy atom. The maximum Gasteiger partial charge on any atom is 0.178 e. The monoisotopic (exact) mass is 415 g/mol. The van der Waals surface area contributed by atoms with Crippen molar-refractivity contribution in [3.63, 3.8) is 0 Å². The summed E-state index contributed by atoms with van der Waals surface area (Å²) in [6.07, 6.45) is 7.57. The van der Waals surface area contributed by atoms with E-state index in [-0.39, 0.29) is 29.0 Å². The normalized spacial score (nSPS) is 51.6. The molecule has 4 aliphatic carbocycles. The van der Waals surface area contributed by atoms with Crippen molar-refractivity contribution in [1.82, 2.24) is 0 Å². The highest BCUT2D eigenvalue weighted by Crippen LogP contribution is 2.69. The van der Waals surface area contributed by atoms with Gasteiger partial charge in [-0.25, -0.2) is 0 Å². The fourth-order valence-electron chi connectivity index (χ4n) is 7.85. The fraction of sp³-hybridized carbons (Fsp3) is 0.750. The third-order valence-electron chi connectivity index (χ3n) is 9.12. The average Bonchev–Trinajstić information content (AvgIpc) is 3.15. The van der Waals surface area contributed by atoms with Crippen molar-refractivity contribution in [1.29, 1.82) is 0 Å². The number of aliphatic hydroxyl groups is 1. The van der Waals surface area contributed by atoms with E-state index in [0.717, 1.165) is 24.8 Å². The van der Waals surface area contributed by atoms with Gasteiger partial charge in [0.25, 0.3) is 0 Å². The molecule has 6 heteroatoms. The molecule has 0 aromatic carbocycles. The standard InChI is InChI=1S/C24H32O6/c1-4-5-19-29-18-11-16-15-7-6-13-10-14(25)8-9-22(13,2)20(15)17(26)12-23(16,3)24(18,30-19)21(27)28/h8-10,15-20,26H,4-7,11-12H2,1-3H3,(H,27,28)/p-1/t15-,16+,17+,18+,19+,20-,22-,23-,24-/m0/s1. The van der Waals surface area contributed by atoms with Crippen LogP contribution in [-0.4, -0.2) is 41.0 Å². The number of rotatable bonds is 3. The molecule has 164 valence electrons. The van der Waals surface area contributed by atoms with Gasteiger partial charge in [0.05, 0.1) is 18.2 Å². The lowest BCUT2D eigenvalue weighted by atomic mass is 9.46. The summed E-state index contributed by atoms with van der Waals surface area (Å²) in [6, 6.07) is 0. The molecule has 1 aliphatic heterocycles. The second kappa shape index (κ2) is 6.50. The number of ether oxygens (including phenoxy) is 2. The maximum absolute atomic E-state index is 12.6. The number of aliphatic hydroxyl groups excluding tert-OH is 1. The molecule has 0 unspecified atom stereocenters. The zero-order valence-corrected chi connectivity index (χ0v) is 17.9. The zero-order chi connectivity index (χ0) is 21.5. The molecule has 1 saturated heterocycles. The third-order valence-corrected chi connectivity index (χ3v) is 9.12. The van der Waals surface area contributed by atoms with Gasteiger partial charge in [-0.2, -0.15) is 0 Å². The van der Waals surface area contributed by atoms with E-state index in [1.54, 1.807) is 12.2 Å². The Bertz CT molecular complexity index is 847. The van der Waals surface area contributed by atoms with Crippen LogP contribution in [0.2, 0.25) is 0 Å². The van der Waals surface area contributed by atoms with Crippen molar-refractivity contribution in [2.75, 3.05) is 0 Å². The van der Waals surface area contributed by atoms with E-state index >= 15 is 0 Å². The van der Waals surface area contributed by atoms with Crippen molar-refractivity contribution >= 4 is 11.8 Å². The SMILES string of the molecule is CCC[C@@H]1O[C@@H]2C[C@@H]3[C@@H]4CCC5=CC(=O)C=C[C@]5(C)[C@@H]4[C@H](O)C[C@]3(C)[C@]2(C(=O)[O-])O1. The topological polar surface area (TPSA) is 95.9 Å². The first kappa shape index (κ1) is 20.4. The number of allylic oxidation sites excluding steroid dienone is 4. The van der Waals surface area contributed by atoms with Gasteiger partial charge in [0.1, 0.15) is 5.60 Å². The lowest BCUT2D eigenvalue weighted by molar-refractivity contribution is -0.337. The fourth-order valence-corrected chi connectivity index (χ4v) is 7.85. The zero-order valence-electron chi connectivity index (χ0n) is 17.9. The molecule has 0 aromatic rings. The van der Waals surface area contributed by atoms with Gasteiger partial charge >= 0.3 is 0 Å². The van der Waals surface area contributed by atoms with Gasteiger partial charge in [0.2, 0.25) is 0 Å². The Labute approximate surface area is 177 Å². The van der Waals surface area contributed by atoms with E-state index in [2.05, 4.69) is 6.92 Å². The molecule has 0 bridgehead atoms. The van der Waals surface area contributed by atoms with Crippen molar-refractivity contribution in [3.05, 3.63) is 23.8 Å². The number of hydrogen-bond donors (Lipinski definition) is 1. The first-order chi connectivity index (χ1) is 14.2. The molecule has 6 nitrogen and oxygen atoms in total. The van der Waals surface area contributed by atoms with Crippen LogP contribution in [0, 0.1) is 28.6 Å². The van der Waals surface area contributed by atoms with Crippen molar-refractivity contribution in [2.24, 2.45) is 28.6 Å². The summed E-state index contributed by atoms with van der Waals surface area (Å²) in [5.41, 5.74) is -1.57. The lowest BCUT2D eigenvalue weighted by Crippen LogP contribution is -2.66. The molecule has 4 fully saturated rings. The van der Waals surface area contributed by atoms with Crippen molar-refractivity contribution < 1.29 is 29.3 Å². The Hall–Kier alpha value is -1.50. The average molecular weight is 416 g/mol. The van der Waals surface area contributed by atoms with E-state index in [9.17, 15) is 19.8 Å². The second-order valence-electron chi connectivity index (χ2n) is 10.4. The minimum atomic E-state index is -1.52. The van der Waals surface area contributed by atoms with Gasteiger partial charge in [-0.05, 0) is 56.1 Å². The van der Waals surface area contributed by atoms with Crippen LogP contribution in [0.1, 0.15) is 59.3 Å². The van der Waals surface area contributed by atoms with Gasteiger partial charge in [-0.3, -0.25) is 4.79 Å². The molecule has 1 N–H and O–H groups in total. The summed E-state index contributed by atoms with van der Waals surface area (Å²) in [5, 5.41) is 24.0. The highest BCUT2D eigenvalue weighted by molar-refractivity contribution is 6.01. The molecule has 0 aromatic heterocycles. The maximum atomic E-state index is 12.6. The summed E-state index contributed by atoms with van der Waals surface area (Å²) in [5.74, 6) is -1.07. The number of carboxylic acids is 1. The largest absolute Gasteiger partial charge is 0.547 e. The number of hydrogen-bond acceptors (Lipinski definition) is 6. The highest BCUT2D eigenvalue weighted by Gasteiger charge is 2.74. The molecule has 5 rings (SSSR count). The molecule has 0 radical (unpaired) electrons. The van der Waals surface area contributed by atoms with Gasteiger partial charge in [-0.1, -0.05) is 38.8 Å². The molecule has 3 saturated carbocycles. The Balaban J connectivity index is 1.55. The first-order valence-corrected chi connectivity index (χ1v) is 11.3. The van der Waals surface area contributed by atoms with Crippen LogP contribution >= 0.6 is 0 Å². The molecular formula is C24H31O6-. The predicted octanol–water partition coefficient (Wildman–Crippen LogP) is 1.91. The van der Waals surface area contributed by atoms with Crippen LogP contribution in [0.3, 0.4) is 0 Å². The Morgan fingerprint density at radius 2 is 2.13 bits per heavy atom. The quantitative estimate of drug-likeness (QED) is 0.756. The van der Waals surface area contributed by atoms with Gasteiger partial charge in [-0.15, -0.1) is 0 Å². The van der Waals surface area contributed by atoms with Crippen LogP contribution in [-0.2, 0) is 19.1 Å². The lowest BCUT2D eigenvalue weighted by Gasteiger charge is -2.60. The summed E-state index contributed by atoms with van der Waals surface area (Å²) in [6.45, 7) is 6.08. The summed E-state index contributed by atoms with van der Waals surface area (Å²) >= 11 is 0. The number of carbonyl (C=O) groups is 2. The molecule has 30 heavy (non-hydrogen) atoms. The summed E-state index contributed by atoms with van der Waals surface area (Å²) in [4.78, 5) is 24.5. The van der Waals surface area contributed by atoms with Crippen LogP contribution in [0.4, 0.5) is 0 Å². The molecule has 9 atom stereocenters. The Morgan fingerprint density at radius 1 is 1.37 bits per heavy atom. The van der Waals surface area contributed by atoms with E-state index in [1.165, 1.54) is 0 Å². The number of carboxylic acid groups (broad SMARTS) is 1. The number of ketones is 1. The van der Waals surface area contributed by atoms with Crippen LogP contribution in [0.15, 0.2) is 23.8 Å². The summed E-state index contributed by atoms with van der Waals surface area (Å²) < 4.78 is 12.3. The predicted molar refractivity (Wildman–Crippen MR) is 106 cm³/mol. The van der Waals surface area contributed by atoms with E-state index in [4.69, 9.17) is 9.47 Å². The minimum absolute atomic E-state index is 0.00568. The van der Waals surface area contributed by atoms with Crippen molar-refractivity contribution in [2.45, 2.75) is 83.4 Å². The number of carbonyl (C=O) groups excluding carboxylic acids is 2. The van der Waals surface area contributed by atoms with Crippen LogP contribution in [0.5, 0.6) is 0 Å². The van der Waals surface area contributed by atoms with Gasteiger partial charge < -0.3 is 24.5 Å². The minimum Gasteiger partial charge on any atom is -0.547 e. The van der Waals surface area contributed by atoms with Crippen molar-refractivity contribution in [3.8, 4) is 0 Å². The first-order valence-electron chi connectivity index (χ1n) is 11.3. The third kappa shape index (κ3) is 2.36. The number of fused-ring (bicyclic) bond motifs is 7. The molecule has 0 amide bonds. The summed E-state index contributed by atoms with van der Waals surface area (Å²) in [7, 11) is 0. The van der Waals surface area contributed by atoms with Gasteiger partial charge in [0, 0.05) is 16.7 Å². The molecular weight excluding hydrogens is 384 g/mol. The smallest absolute Gasteiger partial charge is 0.178 e. The molecule has 0 spiro atoms. The molecule has 1 heterocycles. The number of aliphatic carboxylic acids is 1. The van der Waals surface area contributed by atoms with Gasteiger partial charge in [0.15, 0.2) is 12.1 Å². The van der Waals surface area contributed by atoms with E-state index < -0.39 is 35.5 Å². The van der Waals surface area contributed by atoms with Crippen LogP contribution in [0.25, 0.3) is 0 Å². The second-order valence-corrected chi connectivity index (χ2v) is 10.4. The molecule has 5 aliphatic rings.